The summed E-state index contributed by atoms with van der Waals surface area (Å²) in [6, 6.07) is 14.5. The molecule has 0 saturated carbocycles. The van der Waals surface area contributed by atoms with Crippen molar-refractivity contribution in [2.45, 2.75) is 25.7 Å². The molecule has 0 bridgehead atoms. The van der Waals surface area contributed by atoms with Crippen LogP contribution in [-0.2, 0) is 19.3 Å². The van der Waals surface area contributed by atoms with E-state index in [2.05, 4.69) is 51.4 Å². The van der Waals surface area contributed by atoms with Crippen LogP contribution in [0.3, 0.4) is 0 Å². The number of pyridine rings is 1. The quantitative estimate of drug-likeness (QED) is 0.383. The molecule has 0 unspecified atom stereocenters. The van der Waals surface area contributed by atoms with E-state index in [4.69, 9.17) is 10.7 Å². The number of aromatic nitrogens is 3. The summed E-state index contributed by atoms with van der Waals surface area (Å²) in [5, 5.41) is 3.51. The lowest BCUT2D eigenvalue weighted by molar-refractivity contribution is 0.0999. The summed E-state index contributed by atoms with van der Waals surface area (Å²) in [4.78, 5) is 39.1. The molecule has 6 rings (SSSR count). The summed E-state index contributed by atoms with van der Waals surface area (Å²) in [6.07, 6.45) is 7.17. The van der Waals surface area contributed by atoms with Crippen LogP contribution in [0.1, 0.15) is 33.5 Å². The van der Waals surface area contributed by atoms with E-state index in [9.17, 15) is 9.59 Å². The van der Waals surface area contributed by atoms with E-state index in [0.29, 0.717) is 11.6 Å². The van der Waals surface area contributed by atoms with Gasteiger partial charge in [0, 0.05) is 56.5 Å². The molecule has 2 aliphatic rings. The van der Waals surface area contributed by atoms with Crippen molar-refractivity contribution in [2.24, 2.45) is 5.73 Å². The lowest BCUT2D eigenvalue weighted by Crippen LogP contribution is -2.45. The highest BCUT2D eigenvalue weighted by Crippen LogP contribution is 2.26. The normalized spacial score (nSPS) is 15.9. The van der Waals surface area contributed by atoms with Crippen molar-refractivity contribution in [3.63, 3.8) is 0 Å². The Morgan fingerprint density at radius 3 is 2.56 bits per heavy atom. The molecule has 200 valence electrons. The molecule has 0 atom stereocenters. The molecule has 3 N–H and O–H groups in total. The first-order chi connectivity index (χ1) is 18.9. The van der Waals surface area contributed by atoms with Gasteiger partial charge < -0.3 is 25.4 Å². The van der Waals surface area contributed by atoms with Crippen molar-refractivity contribution < 1.29 is 4.79 Å². The van der Waals surface area contributed by atoms with Crippen LogP contribution in [0.2, 0.25) is 0 Å². The number of carbonyl (C=O) groups excluding carboxylic acids is 1. The Balaban J connectivity index is 1.26. The van der Waals surface area contributed by atoms with Crippen molar-refractivity contribution in [3.05, 3.63) is 87.3 Å². The molecular weight excluding hydrogens is 490 g/mol. The van der Waals surface area contributed by atoms with Gasteiger partial charge in [-0.2, -0.15) is 4.98 Å². The number of rotatable bonds is 7. The molecule has 9 nitrogen and oxygen atoms in total. The third kappa shape index (κ3) is 5.28. The summed E-state index contributed by atoms with van der Waals surface area (Å²) >= 11 is 0. The van der Waals surface area contributed by atoms with Crippen molar-refractivity contribution >= 4 is 28.6 Å². The number of hydrogen-bond acceptors (Lipinski definition) is 7. The zero-order chi connectivity index (χ0) is 26.9. The molecule has 1 saturated heterocycles. The number of fused-ring (bicyclic) bond motifs is 2. The highest BCUT2D eigenvalue weighted by Gasteiger charge is 2.18. The predicted molar refractivity (Wildman–Crippen MR) is 153 cm³/mol. The van der Waals surface area contributed by atoms with Gasteiger partial charge in [0.1, 0.15) is 5.56 Å². The number of anilines is 2. The Bertz CT molecular complexity index is 1590. The van der Waals surface area contributed by atoms with E-state index >= 15 is 0 Å². The number of aryl methyl sites for hydroxylation is 2. The van der Waals surface area contributed by atoms with Gasteiger partial charge in [-0.3, -0.25) is 9.59 Å². The maximum atomic E-state index is 13.0. The molecule has 2 aromatic heterocycles. The van der Waals surface area contributed by atoms with Gasteiger partial charge in [0.25, 0.3) is 5.91 Å². The molecule has 0 radical (unpaired) electrons. The van der Waals surface area contributed by atoms with Crippen LogP contribution in [0.25, 0.3) is 16.7 Å². The van der Waals surface area contributed by atoms with Crippen molar-refractivity contribution in [2.75, 3.05) is 45.1 Å². The summed E-state index contributed by atoms with van der Waals surface area (Å²) in [6.45, 7) is 5.54. The summed E-state index contributed by atoms with van der Waals surface area (Å²) in [7, 11) is 2.17. The van der Waals surface area contributed by atoms with Gasteiger partial charge >= 0.3 is 0 Å². The zero-order valence-electron chi connectivity index (χ0n) is 22.2. The lowest BCUT2D eigenvalue weighted by atomic mass is 10.1. The van der Waals surface area contributed by atoms with E-state index in [1.807, 2.05) is 18.2 Å². The van der Waals surface area contributed by atoms with E-state index in [0.717, 1.165) is 69.8 Å². The van der Waals surface area contributed by atoms with Gasteiger partial charge in [0.15, 0.2) is 5.65 Å². The minimum absolute atomic E-state index is 0.0838. The number of carbonyl (C=O) groups is 1. The molecule has 2 aromatic carbocycles. The van der Waals surface area contributed by atoms with Crippen LogP contribution in [0.15, 0.2) is 59.7 Å². The number of nitrogens with one attached hydrogen (secondary N) is 1. The fourth-order valence-electron chi connectivity index (χ4n) is 5.49. The van der Waals surface area contributed by atoms with Crippen LogP contribution in [0.4, 0.5) is 11.6 Å². The summed E-state index contributed by atoms with van der Waals surface area (Å²) in [5.74, 6) is -0.402. The number of amides is 1. The third-order valence-corrected chi connectivity index (χ3v) is 7.89. The molecule has 1 amide bonds. The number of nitrogens with two attached hydrogens (primary N) is 1. The monoisotopic (exact) mass is 523 g/mol. The number of likely N-dealkylation sites (N-methyl/N-ethyl adjacent to an activating group) is 1. The fraction of sp³-hybridized carbons (Fsp3) is 0.333. The van der Waals surface area contributed by atoms with E-state index < -0.39 is 11.3 Å². The molecule has 39 heavy (non-hydrogen) atoms. The molecule has 3 heterocycles. The average Bonchev–Trinajstić information content (AvgIpc) is 3.42. The average molecular weight is 524 g/mol. The van der Waals surface area contributed by atoms with Crippen molar-refractivity contribution in [1.29, 1.82) is 0 Å². The molecule has 1 aliphatic carbocycles. The maximum absolute atomic E-state index is 13.0. The Kier molecular flexibility index (Phi) is 6.85. The van der Waals surface area contributed by atoms with Crippen molar-refractivity contribution in [3.8, 4) is 5.69 Å². The summed E-state index contributed by atoms with van der Waals surface area (Å²) < 4.78 is 1.77. The maximum Gasteiger partial charge on any atom is 0.254 e. The number of benzene rings is 2. The predicted octanol–water partition coefficient (Wildman–Crippen LogP) is 2.90. The molecule has 1 fully saturated rings. The minimum Gasteiger partial charge on any atom is -0.365 e. The van der Waals surface area contributed by atoms with Gasteiger partial charge in [-0.05, 0) is 73.7 Å². The van der Waals surface area contributed by atoms with Gasteiger partial charge in [-0.25, -0.2) is 4.98 Å². The van der Waals surface area contributed by atoms with Crippen LogP contribution in [0, 0.1) is 0 Å². The Morgan fingerprint density at radius 2 is 1.79 bits per heavy atom. The first-order valence-corrected chi connectivity index (χ1v) is 13.6. The Labute approximate surface area is 227 Å². The second kappa shape index (κ2) is 10.6. The number of hydrogen-bond donors (Lipinski definition) is 2. The topological polar surface area (TPSA) is 109 Å². The van der Waals surface area contributed by atoms with Gasteiger partial charge in [-0.15, -0.1) is 0 Å². The fourth-order valence-corrected chi connectivity index (χ4v) is 5.49. The Hall–Kier alpha value is -4.08. The van der Waals surface area contributed by atoms with Gasteiger partial charge in [0.2, 0.25) is 11.4 Å². The lowest BCUT2D eigenvalue weighted by Gasteiger charge is -2.32. The third-order valence-electron chi connectivity index (χ3n) is 7.89. The summed E-state index contributed by atoms with van der Waals surface area (Å²) in [5.41, 5.74) is 11.0. The number of piperazine rings is 1. The smallest absolute Gasteiger partial charge is 0.254 e. The largest absolute Gasteiger partial charge is 0.365 e. The SMILES string of the molecule is CN1CCN(CCc2ccc(Nc3ncc4c(=O)c(C(N)=O)cn(-c5ccc6c(c5)CCC6)c4n3)cc2)CC1. The van der Waals surface area contributed by atoms with Crippen LogP contribution < -0.4 is 16.5 Å². The second-order valence-electron chi connectivity index (χ2n) is 10.6. The molecule has 1 aliphatic heterocycles. The first-order valence-electron chi connectivity index (χ1n) is 13.6. The second-order valence-corrected chi connectivity index (χ2v) is 10.6. The van der Waals surface area contributed by atoms with Gasteiger partial charge in [-0.1, -0.05) is 18.2 Å². The van der Waals surface area contributed by atoms with Crippen molar-refractivity contribution in [1.82, 2.24) is 24.3 Å². The van der Waals surface area contributed by atoms with Crippen LogP contribution >= 0.6 is 0 Å². The van der Waals surface area contributed by atoms with Gasteiger partial charge in [0.05, 0.1) is 5.39 Å². The number of primary amides is 1. The molecule has 9 heteroatoms. The van der Waals surface area contributed by atoms with E-state index in [1.54, 1.807) is 4.57 Å². The first kappa shape index (κ1) is 25.2. The van der Waals surface area contributed by atoms with E-state index in [-0.39, 0.29) is 10.9 Å². The Morgan fingerprint density at radius 1 is 1.03 bits per heavy atom. The van der Waals surface area contributed by atoms with Crippen LogP contribution in [-0.4, -0.2) is 70.0 Å². The highest BCUT2D eigenvalue weighted by atomic mass is 16.2. The molecule has 4 aromatic rings. The van der Waals surface area contributed by atoms with E-state index in [1.165, 1.54) is 29.1 Å². The molecular formula is C30H33N7O2. The zero-order valence-corrected chi connectivity index (χ0v) is 22.2. The standard InChI is InChI=1S/C30H33N7O2/c1-35-13-15-36(16-14-35)12-11-20-5-8-23(9-6-20)33-30-32-18-25-27(38)26(28(31)39)19-37(29(25)34-30)24-10-7-21-3-2-4-22(21)17-24/h5-10,17-19H,2-4,11-16H2,1H3,(H2,31,39)(H,32,33,34). The molecule has 0 spiro atoms. The minimum atomic E-state index is -0.772. The van der Waals surface area contributed by atoms with Crippen LogP contribution in [0.5, 0.6) is 0 Å². The highest BCUT2D eigenvalue weighted by molar-refractivity contribution is 5.96. The number of nitrogens with zero attached hydrogens (tertiary/aromatic N) is 5.